The Labute approximate surface area is 147 Å². The van der Waals surface area contributed by atoms with Crippen LogP contribution in [0.15, 0.2) is 36.7 Å². The highest BCUT2D eigenvalue weighted by atomic mass is 16.6. The van der Waals surface area contributed by atoms with Gasteiger partial charge < -0.3 is 15.2 Å². The van der Waals surface area contributed by atoms with Crippen LogP contribution in [0.4, 0.5) is 5.69 Å². The molecule has 10 heteroatoms. The number of nitrogens with one attached hydrogen (secondary N) is 1. The van der Waals surface area contributed by atoms with Crippen LogP contribution in [0.2, 0.25) is 0 Å². The monoisotopic (exact) mass is 360 g/mol. The molecule has 1 aliphatic heterocycles. The van der Waals surface area contributed by atoms with Crippen molar-refractivity contribution in [2.45, 2.75) is 18.4 Å². The highest BCUT2D eigenvalue weighted by Gasteiger charge is 2.41. The van der Waals surface area contributed by atoms with Crippen LogP contribution in [-0.2, 0) is 9.53 Å². The van der Waals surface area contributed by atoms with Crippen molar-refractivity contribution in [1.82, 2.24) is 15.1 Å². The van der Waals surface area contributed by atoms with Crippen molar-refractivity contribution in [2.24, 2.45) is 0 Å². The van der Waals surface area contributed by atoms with E-state index in [1.807, 2.05) is 0 Å². The third kappa shape index (κ3) is 3.40. The largest absolute Gasteiger partial charge is 0.480 e. The normalized spacial score (nSPS) is 16.0. The lowest BCUT2D eigenvalue weighted by atomic mass is 9.90. The molecule has 0 spiro atoms. The van der Waals surface area contributed by atoms with Gasteiger partial charge in [0.2, 0.25) is 0 Å². The van der Waals surface area contributed by atoms with E-state index in [1.54, 1.807) is 0 Å². The van der Waals surface area contributed by atoms with E-state index in [1.165, 1.54) is 41.3 Å². The molecule has 0 saturated carbocycles. The Morgan fingerprint density at radius 1 is 1.27 bits per heavy atom. The van der Waals surface area contributed by atoms with Crippen LogP contribution < -0.4 is 5.32 Å². The van der Waals surface area contributed by atoms with Crippen LogP contribution >= 0.6 is 0 Å². The van der Waals surface area contributed by atoms with E-state index < -0.39 is 22.3 Å². The number of amides is 1. The molecule has 136 valence electrons. The van der Waals surface area contributed by atoms with Gasteiger partial charge in [0.25, 0.3) is 11.6 Å². The molecule has 0 bridgehead atoms. The van der Waals surface area contributed by atoms with Gasteiger partial charge in [-0.05, 0) is 12.1 Å². The van der Waals surface area contributed by atoms with E-state index in [2.05, 4.69) is 10.4 Å². The summed E-state index contributed by atoms with van der Waals surface area (Å²) in [5.74, 6) is -1.65. The molecule has 1 aromatic carbocycles. The van der Waals surface area contributed by atoms with E-state index in [4.69, 9.17) is 4.74 Å². The summed E-state index contributed by atoms with van der Waals surface area (Å²) in [7, 11) is 0. The molecule has 10 nitrogen and oxygen atoms in total. The maximum absolute atomic E-state index is 12.5. The highest BCUT2D eigenvalue weighted by molar-refractivity contribution is 5.97. The van der Waals surface area contributed by atoms with Gasteiger partial charge in [0.1, 0.15) is 5.54 Å². The first kappa shape index (κ1) is 17.5. The predicted molar refractivity (Wildman–Crippen MR) is 88.1 cm³/mol. The molecule has 0 unspecified atom stereocenters. The minimum atomic E-state index is -1.36. The third-order valence-electron chi connectivity index (χ3n) is 4.28. The first-order valence-electron chi connectivity index (χ1n) is 7.84. The summed E-state index contributed by atoms with van der Waals surface area (Å²) in [4.78, 5) is 34.2. The Morgan fingerprint density at radius 3 is 2.50 bits per heavy atom. The number of aliphatic carboxylic acids is 1. The van der Waals surface area contributed by atoms with Crippen LogP contribution in [0.5, 0.6) is 0 Å². The van der Waals surface area contributed by atoms with Crippen LogP contribution in [0.1, 0.15) is 23.2 Å². The first-order valence-corrected chi connectivity index (χ1v) is 7.84. The number of aromatic nitrogens is 2. The number of carbonyl (C=O) groups excluding carboxylic acids is 1. The molecular formula is C16H16N4O6. The van der Waals surface area contributed by atoms with Gasteiger partial charge >= 0.3 is 5.97 Å². The molecule has 0 aliphatic carbocycles. The number of ether oxygens (including phenoxy) is 1. The fourth-order valence-electron chi connectivity index (χ4n) is 2.71. The second-order valence-corrected chi connectivity index (χ2v) is 5.90. The summed E-state index contributed by atoms with van der Waals surface area (Å²) in [6.45, 7) is 0.517. The van der Waals surface area contributed by atoms with Gasteiger partial charge in [-0.1, -0.05) is 0 Å². The number of benzene rings is 1. The Bertz CT molecular complexity index is 839. The minimum absolute atomic E-state index is 0.0539. The van der Waals surface area contributed by atoms with E-state index in [-0.39, 0.29) is 37.3 Å². The van der Waals surface area contributed by atoms with Crippen LogP contribution in [-0.4, -0.2) is 50.4 Å². The molecule has 2 heterocycles. The van der Waals surface area contributed by atoms with Crippen molar-refractivity contribution in [2.75, 3.05) is 13.2 Å². The molecule has 0 atom stereocenters. The molecule has 1 aromatic heterocycles. The molecule has 26 heavy (non-hydrogen) atoms. The molecule has 1 aliphatic rings. The molecule has 2 aromatic rings. The number of rotatable bonds is 5. The minimum Gasteiger partial charge on any atom is -0.480 e. The Morgan fingerprint density at radius 2 is 1.92 bits per heavy atom. The molecule has 1 fully saturated rings. The lowest BCUT2D eigenvalue weighted by Gasteiger charge is -2.33. The standard InChI is InChI=1S/C16H16N4O6/c21-14(18-16(15(22)23)5-7-26-8-6-16)11-9-17-19(10-11)12-1-3-13(4-2-12)20(24)25/h1-4,9-10H,5-8H2,(H,18,21)(H,22,23). The number of hydrogen-bond acceptors (Lipinski definition) is 6. The predicted octanol–water partition coefficient (Wildman–Crippen LogP) is 1.14. The molecule has 1 saturated heterocycles. The number of nitro groups is 1. The third-order valence-corrected chi connectivity index (χ3v) is 4.28. The summed E-state index contributed by atoms with van der Waals surface area (Å²) in [6, 6.07) is 5.67. The maximum atomic E-state index is 12.5. The second kappa shape index (κ2) is 6.92. The van der Waals surface area contributed by atoms with Crippen molar-refractivity contribution in [3.05, 3.63) is 52.3 Å². The van der Waals surface area contributed by atoms with Crippen molar-refractivity contribution in [3.8, 4) is 5.69 Å². The van der Waals surface area contributed by atoms with Gasteiger partial charge in [0.05, 0.1) is 22.4 Å². The summed E-state index contributed by atoms with van der Waals surface area (Å²) in [5, 5.41) is 26.8. The maximum Gasteiger partial charge on any atom is 0.329 e. The van der Waals surface area contributed by atoms with E-state index in [9.17, 15) is 24.8 Å². The zero-order valence-electron chi connectivity index (χ0n) is 13.6. The molecule has 3 rings (SSSR count). The van der Waals surface area contributed by atoms with E-state index in [0.29, 0.717) is 5.69 Å². The highest BCUT2D eigenvalue weighted by Crippen LogP contribution is 2.22. The summed E-state index contributed by atoms with van der Waals surface area (Å²) in [5.41, 5.74) is -0.684. The molecular weight excluding hydrogens is 344 g/mol. The number of hydrogen-bond donors (Lipinski definition) is 2. The van der Waals surface area contributed by atoms with Crippen molar-refractivity contribution in [1.29, 1.82) is 0 Å². The van der Waals surface area contributed by atoms with Gasteiger partial charge in [-0.15, -0.1) is 0 Å². The van der Waals surface area contributed by atoms with Gasteiger partial charge in [-0.2, -0.15) is 5.10 Å². The molecule has 1 amide bonds. The lowest BCUT2D eigenvalue weighted by Crippen LogP contribution is -2.57. The molecule has 2 N–H and O–H groups in total. The number of non-ortho nitro benzene ring substituents is 1. The van der Waals surface area contributed by atoms with Crippen LogP contribution in [0.3, 0.4) is 0 Å². The first-order chi connectivity index (χ1) is 12.4. The lowest BCUT2D eigenvalue weighted by molar-refractivity contribution is -0.384. The fraction of sp³-hybridized carbons (Fsp3) is 0.312. The van der Waals surface area contributed by atoms with Crippen LogP contribution in [0.25, 0.3) is 5.69 Å². The average Bonchev–Trinajstić information content (AvgIpc) is 3.13. The number of nitrogens with zero attached hydrogens (tertiary/aromatic N) is 3. The summed E-state index contributed by atoms with van der Waals surface area (Å²) in [6.07, 6.45) is 3.12. The smallest absolute Gasteiger partial charge is 0.329 e. The second-order valence-electron chi connectivity index (χ2n) is 5.90. The Kier molecular flexibility index (Phi) is 4.67. The Hall–Kier alpha value is -3.27. The quantitative estimate of drug-likeness (QED) is 0.602. The molecule has 0 radical (unpaired) electrons. The van der Waals surface area contributed by atoms with Gasteiger partial charge in [0, 0.05) is 44.4 Å². The summed E-state index contributed by atoms with van der Waals surface area (Å²) < 4.78 is 6.56. The van der Waals surface area contributed by atoms with E-state index >= 15 is 0 Å². The van der Waals surface area contributed by atoms with Gasteiger partial charge in [0.15, 0.2) is 0 Å². The van der Waals surface area contributed by atoms with Gasteiger partial charge in [-0.25, -0.2) is 9.48 Å². The Balaban J connectivity index is 1.77. The SMILES string of the molecule is O=C(NC1(C(=O)O)CCOCC1)c1cnn(-c2ccc([N+](=O)[O-])cc2)c1. The zero-order chi connectivity index (χ0) is 18.7. The number of carbonyl (C=O) groups is 2. The zero-order valence-corrected chi connectivity index (χ0v) is 13.6. The van der Waals surface area contributed by atoms with Crippen molar-refractivity contribution >= 4 is 17.6 Å². The number of nitro benzene ring substituents is 1. The van der Waals surface area contributed by atoms with E-state index in [0.717, 1.165) is 0 Å². The number of carboxylic acid groups (broad SMARTS) is 1. The van der Waals surface area contributed by atoms with Crippen molar-refractivity contribution < 1.29 is 24.4 Å². The topological polar surface area (TPSA) is 137 Å². The van der Waals surface area contributed by atoms with Crippen molar-refractivity contribution in [3.63, 3.8) is 0 Å². The van der Waals surface area contributed by atoms with Gasteiger partial charge in [-0.3, -0.25) is 14.9 Å². The summed E-state index contributed by atoms with van der Waals surface area (Å²) >= 11 is 0. The van der Waals surface area contributed by atoms with Crippen LogP contribution in [0, 0.1) is 10.1 Å². The average molecular weight is 360 g/mol. The number of carboxylic acids is 1. The fourth-order valence-corrected chi connectivity index (χ4v) is 2.71.